The Bertz CT molecular complexity index is 1060. The molecule has 0 bridgehead atoms. The Morgan fingerprint density at radius 3 is 2.24 bits per heavy atom. The minimum absolute atomic E-state index is 0.773. The lowest BCUT2D eigenvalue weighted by atomic mass is 10.2. The van der Waals surface area contributed by atoms with Gasteiger partial charge in [-0.1, -0.05) is 60.7 Å². The fraction of sp³-hybridized carbons (Fsp3) is 0.250. The van der Waals surface area contributed by atoms with Crippen LogP contribution in [0.25, 0.3) is 32.0 Å². The highest BCUT2D eigenvalue weighted by molar-refractivity contribution is 7.21. The number of nitrogens with zero attached hydrogens (tertiary/aromatic N) is 3. The molecule has 1 N–H and O–H groups in total. The van der Waals surface area contributed by atoms with Gasteiger partial charge < -0.3 is 10.2 Å². The Labute approximate surface area is 176 Å². The molecular weight excluding hydrogens is 376 g/mol. The minimum Gasteiger partial charge on any atom is -0.369 e. The lowest BCUT2D eigenvalue weighted by Crippen LogP contribution is -2.14. The van der Waals surface area contributed by atoms with Crippen LogP contribution in [0.3, 0.4) is 0 Å². The molecule has 0 spiro atoms. The van der Waals surface area contributed by atoms with Crippen LogP contribution in [0.4, 0.5) is 5.82 Å². The summed E-state index contributed by atoms with van der Waals surface area (Å²) in [7, 11) is 4.23. The molecule has 2 aromatic carbocycles. The maximum absolute atomic E-state index is 4.88. The monoisotopic (exact) mass is 402 g/mol. The molecule has 4 rings (SSSR count). The Balaban J connectivity index is 1.67. The largest absolute Gasteiger partial charge is 0.369 e. The molecule has 0 fully saturated rings. The molecule has 148 valence electrons. The van der Waals surface area contributed by atoms with Crippen molar-refractivity contribution in [1.29, 1.82) is 0 Å². The molecule has 0 aliphatic rings. The van der Waals surface area contributed by atoms with E-state index in [1.165, 1.54) is 16.9 Å². The van der Waals surface area contributed by atoms with Gasteiger partial charge in [0, 0.05) is 17.0 Å². The standard InChI is InChI=1S/C24H26N4S/c1-28(2)16-10-9-15-25-23-20-17-21(18-11-5-3-6-12-18)29-24(20)27-22(26-23)19-13-7-4-8-14-19/h3-8,11-14,17H,9-10,15-16H2,1-2H3,(H,25,26,27). The van der Waals surface area contributed by atoms with E-state index >= 15 is 0 Å². The Morgan fingerprint density at radius 2 is 1.55 bits per heavy atom. The number of rotatable bonds is 8. The summed E-state index contributed by atoms with van der Waals surface area (Å²) in [6, 6.07) is 22.9. The highest BCUT2D eigenvalue weighted by atomic mass is 32.1. The van der Waals surface area contributed by atoms with Gasteiger partial charge >= 0.3 is 0 Å². The average molecular weight is 403 g/mol. The van der Waals surface area contributed by atoms with Crippen LogP contribution in [-0.4, -0.2) is 42.1 Å². The molecule has 0 saturated heterocycles. The smallest absolute Gasteiger partial charge is 0.163 e. The van der Waals surface area contributed by atoms with Crippen molar-refractivity contribution in [3.8, 4) is 21.8 Å². The number of aromatic nitrogens is 2. The summed E-state index contributed by atoms with van der Waals surface area (Å²) in [5, 5.41) is 4.67. The third-order valence-corrected chi connectivity index (χ3v) is 5.89. The molecule has 2 heterocycles. The Kier molecular flexibility index (Phi) is 6.17. The number of benzene rings is 2. The van der Waals surface area contributed by atoms with Gasteiger partial charge in [-0.25, -0.2) is 9.97 Å². The molecule has 0 radical (unpaired) electrons. The van der Waals surface area contributed by atoms with Crippen LogP contribution in [0.5, 0.6) is 0 Å². The zero-order valence-electron chi connectivity index (χ0n) is 16.9. The Morgan fingerprint density at radius 1 is 0.862 bits per heavy atom. The number of anilines is 1. The maximum atomic E-state index is 4.88. The van der Waals surface area contributed by atoms with Crippen LogP contribution in [-0.2, 0) is 0 Å². The predicted octanol–water partition coefficient (Wildman–Crippen LogP) is 5.78. The third-order valence-electron chi connectivity index (χ3n) is 4.81. The molecule has 0 atom stereocenters. The molecular formula is C24H26N4S. The zero-order valence-corrected chi connectivity index (χ0v) is 17.7. The van der Waals surface area contributed by atoms with Crippen molar-refractivity contribution < 1.29 is 0 Å². The van der Waals surface area contributed by atoms with Gasteiger partial charge in [-0.2, -0.15) is 0 Å². The van der Waals surface area contributed by atoms with Crippen molar-refractivity contribution in [3.05, 3.63) is 66.7 Å². The van der Waals surface area contributed by atoms with E-state index in [4.69, 9.17) is 9.97 Å². The van der Waals surface area contributed by atoms with Crippen LogP contribution in [0.2, 0.25) is 0 Å². The first-order valence-electron chi connectivity index (χ1n) is 10.0. The summed E-state index contributed by atoms with van der Waals surface area (Å²) in [5.41, 5.74) is 2.26. The molecule has 0 aliphatic heterocycles. The van der Waals surface area contributed by atoms with E-state index in [-0.39, 0.29) is 0 Å². The van der Waals surface area contributed by atoms with Crippen molar-refractivity contribution in [1.82, 2.24) is 14.9 Å². The van der Waals surface area contributed by atoms with Crippen LogP contribution in [0.1, 0.15) is 12.8 Å². The first-order chi connectivity index (χ1) is 14.2. The third kappa shape index (κ3) is 4.81. The van der Waals surface area contributed by atoms with E-state index in [1.807, 2.05) is 24.3 Å². The first kappa shape index (κ1) is 19.6. The van der Waals surface area contributed by atoms with E-state index in [9.17, 15) is 0 Å². The van der Waals surface area contributed by atoms with Crippen molar-refractivity contribution in [2.75, 3.05) is 32.5 Å². The molecule has 0 unspecified atom stereocenters. The zero-order chi connectivity index (χ0) is 20.1. The molecule has 0 saturated carbocycles. The summed E-state index contributed by atoms with van der Waals surface area (Å²) in [6.07, 6.45) is 2.28. The van der Waals surface area contributed by atoms with Gasteiger partial charge in [-0.05, 0) is 45.1 Å². The van der Waals surface area contributed by atoms with Gasteiger partial charge in [0.25, 0.3) is 0 Å². The van der Waals surface area contributed by atoms with Crippen LogP contribution >= 0.6 is 11.3 Å². The van der Waals surface area contributed by atoms with Gasteiger partial charge in [0.2, 0.25) is 0 Å². The summed E-state index contributed by atoms with van der Waals surface area (Å²) in [6.45, 7) is 2.01. The molecule has 4 aromatic rings. The lowest BCUT2D eigenvalue weighted by Gasteiger charge is -2.11. The van der Waals surface area contributed by atoms with E-state index < -0.39 is 0 Å². The van der Waals surface area contributed by atoms with Gasteiger partial charge in [0.1, 0.15) is 10.6 Å². The predicted molar refractivity (Wildman–Crippen MR) is 125 cm³/mol. The van der Waals surface area contributed by atoms with Crippen molar-refractivity contribution in [2.24, 2.45) is 0 Å². The molecule has 0 amide bonds. The SMILES string of the molecule is CN(C)CCCCNc1nc(-c2ccccc2)nc2sc(-c3ccccc3)cc12. The fourth-order valence-corrected chi connectivity index (χ4v) is 4.31. The van der Waals surface area contributed by atoms with Crippen LogP contribution in [0, 0.1) is 0 Å². The summed E-state index contributed by atoms with van der Waals surface area (Å²) >= 11 is 1.72. The highest BCUT2D eigenvalue weighted by Gasteiger charge is 2.13. The normalized spacial score (nSPS) is 11.3. The molecule has 0 aliphatic carbocycles. The topological polar surface area (TPSA) is 41.0 Å². The van der Waals surface area contributed by atoms with E-state index in [1.54, 1.807) is 11.3 Å². The van der Waals surface area contributed by atoms with Gasteiger partial charge in [-0.3, -0.25) is 0 Å². The quantitative estimate of drug-likeness (QED) is 0.379. The summed E-state index contributed by atoms with van der Waals surface area (Å²) in [5.74, 6) is 1.70. The van der Waals surface area contributed by atoms with Gasteiger partial charge in [0.05, 0.1) is 5.39 Å². The van der Waals surface area contributed by atoms with Crippen molar-refractivity contribution in [2.45, 2.75) is 12.8 Å². The second kappa shape index (κ2) is 9.16. The van der Waals surface area contributed by atoms with Crippen molar-refractivity contribution >= 4 is 27.4 Å². The number of unbranched alkanes of at least 4 members (excludes halogenated alkanes) is 1. The van der Waals surface area contributed by atoms with Crippen LogP contribution in [0.15, 0.2) is 66.7 Å². The Hall–Kier alpha value is -2.76. The molecule has 4 nitrogen and oxygen atoms in total. The number of fused-ring (bicyclic) bond motifs is 1. The van der Waals surface area contributed by atoms with E-state index in [2.05, 4.69) is 66.8 Å². The summed E-state index contributed by atoms with van der Waals surface area (Å²) < 4.78 is 0. The molecule has 29 heavy (non-hydrogen) atoms. The second-order valence-corrected chi connectivity index (χ2v) is 8.43. The van der Waals surface area contributed by atoms with Crippen LogP contribution < -0.4 is 5.32 Å². The number of hydrogen-bond donors (Lipinski definition) is 1. The number of hydrogen-bond acceptors (Lipinski definition) is 5. The number of nitrogens with one attached hydrogen (secondary N) is 1. The fourth-order valence-electron chi connectivity index (χ4n) is 3.28. The van der Waals surface area contributed by atoms with Gasteiger partial charge in [-0.15, -0.1) is 11.3 Å². The lowest BCUT2D eigenvalue weighted by molar-refractivity contribution is 0.396. The van der Waals surface area contributed by atoms with Gasteiger partial charge in [0.15, 0.2) is 5.82 Å². The summed E-state index contributed by atoms with van der Waals surface area (Å²) in [4.78, 5) is 14.2. The van der Waals surface area contributed by atoms with Crippen molar-refractivity contribution in [3.63, 3.8) is 0 Å². The number of thiophene rings is 1. The van der Waals surface area contributed by atoms with E-state index in [0.717, 1.165) is 46.9 Å². The minimum atomic E-state index is 0.773. The highest BCUT2D eigenvalue weighted by Crippen LogP contribution is 2.36. The maximum Gasteiger partial charge on any atom is 0.163 e. The first-order valence-corrected chi connectivity index (χ1v) is 10.8. The van der Waals surface area contributed by atoms with E-state index in [0.29, 0.717) is 0 Å². The average Bonchev–Trinajstić information content (AvgIpc) is 3.19. The molecule has 2 aromatic heterocycles. The molecule has 5 heteroatoms. The second-order valence-electron chi connectivity index (χ2n) is 7.39.